The van der Waals surface area contributed by atoms with E-state index in [1.807, 2.05) is 43.3 Å². The van der Waals surface area contributed by atoms with Gasteiger partial charge in [0.25, 0.3) is 5.91 Å². The van der Waals surface area contributed by atoms with Crippen molar-refractivity contribution in [2.45, 2.75) is 53.8 Å². The molecule has 0 bridgehead atoms. The van der Waals surface area contributed by atoms with Crippen molar-refractivity contribution in [2.75, 3.05) is 5.32 Å². The first-order valence-corrected chi connectivity index (χ1v) is 9.41. The number of aryl methyl sites for hydroxylation is 3. The summed E-state index contributed by atoms with van der Waals surface area (Å²) in [5.74, 6) is -1.22. The summed E-state index contributed by atoms with van der Waals surface area (Å²) in [6, 6.07) is 0. The van der Waals surface area contributed by atoms with E-state index in [0.29, 0.717) is 17.8 Å². The first-order chi connectivity index (χ1) is 13.8. The van der Waals surface area contributed by atoms with Gasteiger partial charge >= 0.3 is 5.97 Å². The van der Waals surface area contributed by atoms with E-state index in [9.17, 15) is 9.59 Å². The molecule has 0 aliphatic heterocycles. The molecule has 3 heterocycles. The average Bonchev–Trinajstić information content (AvgIpc) is 3.36. The standard InChI is InChI=1S/C19H25N7O3/c1-5-25-13(3)15(8-21-25)11-26-14(4)18(12(2)23-26)22-19(29)16-9-20-24(10-16)7-6-17(27)28/h8-10H,5-7,11H2,1-4H3,(H,22,29)(H,27,28). The van der Waals surface area contributed by atoms with Crippen LogP contribution >= 0.6 is 0 Å². The van der Waals surface area contributed by atoms with Gasteiger partial charge in [0, 0.05) is 24.0 Å². The predicted molar refractivity (Wildman–Crippen MR) is 106 cm³/mol. The molecule has 0 saturated heterocycles. The highest BCUT2D eigenvalue weighted by Crippen LogP contribution is 2.22. The maximum absolute atomic E-state index is 12.6. The largest absolute Gasteiger partial charge is 0.481 e. The average molecular weight is 399 g/mol. The molecule has 1 amide bonds. The normalized spacial score (nSPS) is 11.0. The van der Waals surface area contributed by atoms with E-state index < -0.39 is 5.97 Å². The van der Waals surface area contributed by atoms with Crippen molar-refractivity contribution < 1.29 is 14.7 Å². The number of hydrogen-bond acceptors (Lipinski definition) is 5. The molecule has 0 aliphatic carbocycles. The predicted octanol–water partition coefficient (Wildman–Crippen LogP) is 2.00. The number of nitrogens with zero attached hydrogens (tertiary/aromatic N) is 6. The number of aromatic nitrogens is 6. The van der Waals surface area contributed by atoms with Gasteiger partial charge in [-0.2, -0.15) is 15.3 Å². The van der Waals surface area contributed by atoms with E-state index in [1.165, 1.54) is 17.1 Å². The second-order valence-electron chi connectivity index (χ2n) is 6.86. The summed E-state index contributed by atoms with van der Waals surface area (Å²) in [5, 5.41) is 24.6. The van der Waals surface area contributed by atoms with Crippen LogP contribution in [0.1, 0.15) is 46.3 Å². The second kappa shape index (κ2) is 8.29. The van der Waals surface area contributed by atoms with Gasteiger partial charge in [0.1, 0.15) is 0 Å². The maximum Gasteiger partial charge on any atom is 0.305 e. The zero-order valence-corrected chi connectivity index (χ0v) is 17.0. The number of amides is 1. The quantitative estimate of drug-likeness (QED) is 0.598. The molecular formula is C19H25N7O3. The van der Waals surface area contributed by atoms with Crippen LogP contribution in [0.2, 0.25) is 0 Å². The SMILES string of the molecule is CCn1ncc(Cn2nc(C)c(NC(=O)c3cnn(CCC(=O)O)c3)c2C)c1C. The lowest BCUT2D eigenvalue weighted by Crippen LogP contribution is -2.13. The summed E-state index contributed by atoms with van der Waals surface area (Å²) in [4.78, 5) is 23.3. The van der Waals surface area contributed by atoms with E-state index in [4.69, 9.17) is 5.11 Å². The van der Waals surface area contributed by atoms with Crippen molar-refractivity contribution in [2.24, 2.45) is 0 Å². The molecule has 0 saturated carbocycles. The van der Waals surface area contributed by atoms with Crippen molar-refractivity contribution in [3.8, 4) is 0 Å². The molecule has 0 aromatic carbocycles. The van der Waals surface area contributed by atoms with E-state index in [-0.39, 0.29) is 18.9 Å². The Bertz CT molecular complexity index is 1040. The zero-order valence-electron chi connectivity index (χ0n) is 17.0. The van der Waals surface area contributed by atoms with E-state index >= 15 is 0 Å². The van der Waals surface area contributed by atoms with Gasteiger partial charge in [-0.1, -0.05) is 0 Å². The molecular weight excluding hydrogens is 374 g/mol. The van der Waals surface area contributed by atoms with Gasteiger partial charge < -0.3 is 10.4 Å². The van der Waals surface area contributed by atoms with Gasteiger partial charge in [-0.05, 0) is 27.7 Å². The number of carbonyl (C=O) groups is 2. The number of nitrogens with one attached hydrogen (secondary N) is 1. The third-order valence-corrected chi connectivity index (χ3v) is 4.89. The molecule has 3 rings (SSSR count). The summed E-state index contributed by atoms with van der Waals surface area (Å²) < 4.78 is 5.23. The van der Waals surface area contributed by atoms with Crippen LogP contribution in [0, 0.1) is 20.8 Å². The Morgan fingerprint density at radius 3 is 2.52 bits per heavy atom. The lowest BCUT2D eigenvalue weighted by Gasteiger charge is -2.07. The molecule has 10 heteroatoms. The molecule has 0 radical (unpaired) electrons. The molecule has 2 N–H and O–H groups in total. The van der Waals surface area contributed by atoms with Crippen molar-refractivity contribution in [3.63, 3.8) is 0 Å². The molecule has 0 spiro atoms. The Hall–Kier alpha value is -3.43. The summed E-state index contributed by atoms with van der Waals surface area (Å²) in [5.41, 5.74) is 4.76. The zero-order chi connectivity index (χ0) is 21.1. The van der Waals surface area contributed by atoms with Crippen molar-refractivity contribution in [1.82, 2.24) is 29.3 Å². The van der Waals surface area contributed by atoms with Gasteiger partial charge in [0.2, 0.25) is 0 Å². The van der Waals surface area contributed by atoms with Gasteiger partial charge in [0.05, 0.1) is 54.5 Å². The van der Waals surface area contributed by atoms with Crippen LogP contribution in [0.5, 0.6) is 0 Å². The third-order valence-electron chi connectivity index (χ3n) is 4.89. The summed E-state index contributed by atoms with van der Waals surface area (Å²) in [7, 11) is 0. The first kappa shape index (κ1) is 20.3. The van der Waals surface area contributed by atoms with Crippen LogP contribution in [0.4, 0.5) is 5.69 Å². The van der Waals surface area contributed by atoms with E-state index in [1.54, 1.807) is 0 Å². The Balaban J connectivity index is 1.73. The molecule has 3 aromatic rings. The number of carboxylic acids is 1. The Morgan fingerprint density at radius 1 is 1.10 bits per heavy atom. The van der Waals surface area contributed by atoms with Crippen LogP contribution in [-0.2, 0) is 24.4 Å². The Labute approximate surface area is 168 Å². The summed E-state index contributed by atoms with van der Waals surface area (Å²) in [6.07, 6.45) is 4.76. The first-order valence-electron chi connectivity index (χ1n) is 9.41. The second-order valence-corrected chi connectivity index (χ2v) is 6.86. The number of carboxylic acid groups (broad SMARTS) is 1. The molecule has 10 nitrogen and oxygen atoms in total. The summed E-state index contributed by atoms with van der Waals surface area (Å²) >= 11 is 0. The van der Waals surface area contributed by atoms with Gasteiger partial charge in [-0.15, -0.1) is 0 Å². The smallest absolute Gasteiger partial charge is 0.305 e. The number of carbonyl (C=O) groups excluding carboxylic acids is 1. The van der Waals surface area contributed by atoms with Crippen LogP contribution in [0.3, 0.4) is 0 Å². The number of hydrogen-bond donors (Lipinski definition) is 2. The minimum atomic E-state index is -0.912. The highest BCUT2D eigenvalue weighted by molar-refractivity contribution is 6.04. The monoisotopic (exact) mass is 399 g/mol. The maximum atomic E-state index is 12.6. The molecule has 0 fully saturated rings. The Kier molecular flexibility index (Phi) is 5.81. The lowest BCUT2D eigenvalue weighted by molar-refractivity contribution is -0.137. The Morgan fingerprint density at radius 2 is 1.86 bits per heavy atom. The fourth-order valence-corrected chi connectivity index (χ4v) is 3.15. The van der Waals surface area contributed by atoms with Crippen molar-refractivity contribution in [1.29, 1.82) is 0 Å². The van der Waals surface area contributed by atoms with Gasteiger partial charge in [0.15, 0.2) is 0 Å². The highest BCUT2D eigenvalue weighted by Gasteiger charge is 2.18. The number of aliphatic carboxylic acids is 1. The lowest BCUT2D eigenvalue weighted by atomic mass is 10.2. The van der Waals surface area contributed by atoms with E-state index in [2.05, 4.69) is 20.6 Å². The molecule has 0 aliphatic rings. The van der Waals surface area contributed by atoms with E-state index in [0.717, 1.165) is 29.2 Å². The third kappa shape index (κ3) is 4.36. The number of rotatable bonds is 8. The van der Waals surface area contributed by atoms with Crippen LogP contribution in [-0.4, -0.2) is 46.3 Å². The van der Waals surface area contributed by atoms with Crippen molar-refractivity contribution in [3.05, 3.63) is 46.8 Å². The topological polar surface area (TPSA) is 120 Å². The number of anilines is 1. The molecule has 3 aromatic heterocycles. The fourth-order valence-electron chi connectivity index (χ4n) is 3.15. The fraction of sp³-hybridized carbons (Fsp3) is 0.421. The minimum Gasteiger partial charge on any atom is -0.481 e. The van der Waals surface area contributed by atoms with Gasteiger partial charge in [-0.25, -0.2) is 0 Å². The van der Waals surface area contributed by atoms with Crippen LogP contribution in [0.25, 0.3) is 0 Å². The molecule has 0 atom stereocenters. The highest BCUT2D eigenvalue weighted by atomic mass is 16.4. The molecule has 0 unspecified atom stereocenters. The molecule has 154 valence electrons. The van der Waals surface area contributed by atoms with Gasteiger partial charge in [-0.3, -0.25) is 23.6 Å². The van der Waals surface area contributed by atoms with Crippen LogP contribution < -0.4 is 5.32 Å². The van der Waals surface area contributed by atoms with Crippen molar-refractivity contribution >= 4 is 17.6 Å². The minimum absolute atomic E-state index is 0.0538. The van der Waals surface area contributed by atoms with Crippen LogP contribution in [0.15, 0.2) is 18.6 Å². The molecule has 29 heavy (non-hydrogen) atoms. The summed E-state index contributed by atoms with van der Waals surface area (Å²) in [6.45, 7) is 9.42.